The molecule has 3 aromatic heterocycles. The molecular formula is C19H22N4O2S. The number of hydrogen-bond acceptors (Lipinski definition) is 5. The van der Waals surface area contributed by atoms with Crippen molar-refractivity contribution in [3.63, 3.8) is 0 Å². The number of amides is 1. The van der Waals surface area contributed by atoms with Crippen LogP contribution in [0.3, 0.4) is 0 Å². The maximum atomic E-state index is 12.5. The summed E-state index contributed by atoms with van der Waals surface area (Å²) < 4.78 is 7.54. The van der Waals surface area contributed by atoms with Crippen molar-refractivity contribution >= 4 is 28.4 Å². The molecule has 26 heavy (non-hydrogen) atoms. The first-order valence-electron chi connectivity index (χ1n) is 8.93. The standard InChI is InChI=1S/C19H22N4O2S/c1-13(8-14-4-7-26-11-14)22-19(24)15-9-17-18(20-10-15)23(12-21-17)16-2-5-25-6-3-16/h4,7,9-13,16H,2-3,5-6,8H2,1H3,(H,22,24). The third-order valence-corrected chi connectivity index (χ3v) is 5.49. The molecule has 0 aromatic carbocycles. The molecule has 4 rings (SSSR count). The van der Waals surface area contributed by atoms with Gasteiger partial charge in [0.05, 0.1) is 11.9 Å². The Balaban J connectivity index is 1.47. The molecule has 6 nitrogen and oxygen atoms in total. The molecule has 1 saturated heterocycles. The number of hydrogen-bond donors (Lipinski definition) is 1. The Morgan fingerprint density at radius 2 is 2.27 bits per heavy atom. The average Bonchev–Trinajstić information content (AvgIpc) is 3.31. The predicted molar refractivity (Wildman–Crippen MR) is 102 cm³/mol. The molecule has 0 radical (unpaired) electrons. The second-order valence-corrected chi connectivity index (χ2v) is 7.55. The van der Waals surface area contributed by atoms with Crippen LogP contribution in [0.5, 0.6) is 0 Å². The van der Waals surface area contributed by atoms with Crippen LogP contribution in [0, 0.1) is 0 Å². The zero-order chi connectivity index (χ0) is 17.9. The minimum atomic E-state index is -0.109. The van der Waals surface area contributed by atoms with Crippen LogP contribution in [0.2, 0.25) is 0 Å². The van der Waals surface area contributed by atoms with Gasteiger partial charge in [0.2, 0.25) is 0 Å². The SMILES string of the molecule is CC(Cc1ccsc1)NC(=O)c1cnc2c(c1)ncn2C1CCOCC1. The zero-order valence-corrected chi connectivity index (χ0v) is 15.5. The van der Waals surface area contributed by atoms with E-state index in [4.69, 9.17) is 4.74 Å². The van der Waals surface area contributed by atoms with Gasteiger partial charge in [0, 0.05) is 31.5 Å². The Morgan fingerprint density at radius 1 is 1.42 bits per heavy atom. The van der Waals surface area contributed by atoms with Crippen LogP contribution < -0.4 is 5.32 Å². The van der Waals surface area contributed by atoms with Gasteiger partial charge in [0.1, 0.15) is 5.52 Å². The molecule has 1 N–H and O–H groups in total. The number of carbonyl (C=O) groups is 1. The summed E-state index contributed by atoms with van der Waals surface area (Å²) in [5, 5.41) is 7.21. The number of pyridine rings is 1. The highest BCUT2D eigenvalue weighted by molar-refractivity contribution is 7.07. The van der Waals surface area contributed by atoms with Gasteiger partial charge in [-0.3, -0.25) is 4.79 Å². The summed E-state index contributed by atoms with van der Waals surface area (Å²) in [5.41, 5.74) is 3.38. The van der Waals surface area contributed by atoms with Crippen LogP contribution in [0.15, 0.2) is 35.4 Å². The second kappa shape index (κ2) is 7.55. The molecule has 136 valence electrons. The topological polar surface area (TPSA) is 69.0 Å². The number of thiophene rings is 1. The molecule has 0 bridgehead atoms. The molecule has 1 amide bonds. The van der Waals surface area contributed by atoms with Gasteiger partial charge in [0.25, 0.3) is 5.91 Å². The van der Waals surface area contributed by atoms with Gasteiger partial charge < -0.3 is 14.6 Å². The quantitative estimate of drug-likeness (QED) is 0.749. The van der Waals surface area contributed by atoms with Crippen LogP contribution in [-0.2, 0) is 11.2 Å². The van der Waals surface area contributed by atoms with Crippen molar-refractivity contribution < 1.29 is 9.53 Å². The van der Waals surface area contributed by atoms with E-state index in [0.29, 0.717) is 11.6 Å². The summed E-state index contributed by atoms with van der Waals surface area (Å²) >= 11 is 1.67. The van der Waals surface area contributed by atoms with Crippen molar-refractivity contribution in [1.29, 1.82) is 0 Å². The van der Waals surface area contributed by atoms with E-state index in [1.54, 1.807) is 17.5 Å². The monoisotopic (exact) mass is 370 g/mol. The highest BCUT2D eigenvalue weighted by Crippen LogP contribution is 2.24. The maximum absolute atomic E-state index is 12.5. The van der Waals surface area contributed by atoms with Crippen LogP contribution in [0.25, 0.3) is 11.2 Å². The number of nitrogens with zero attached hydrogens (tertiary/aromatic N) is 3. The van der Waals surface area contributed by atoms with Crippen molar-refractivity contribution in [2.75, 3.05) is 13.2 Å². The van der Waals surface area contributed by atoms with Crippen molar-refractivity contribution in [1.82, 2.24) is 19.9 Å². The first kappa shape index (κ1) is 17.2. The first-order chi connectivity index (χ1) is 12.7. The molecule has 1 fully saturated rings. The van der Waals surface area contributed by atoms with Gasteiger partial charge in [-0.1, -0.05) is 0 Å². The Bertz CT molecular complexity index is 884. The summed E-state index contributed by atoms with van der Waals surface area (Å²) in [6, 6.07) is 4.34. The lowest BCUT2D eigenvalue weighted by Crippen LogP contribution is -2.34. The van der Waals surface area contributed by atoms with Crippen LogP contribution >= 0.6 is 11.3 Å². The number of aromatic nitrogens is 3. The summed E-state index contributed by atoms with van der Waals surface area (Å²) in [7, 11) is 0. The minimum Gasteiger partial charge on any atom is -0.381 e. The fraction of sp³-hybridized carbons (Fsp3) is 0.421. The number of ether oxygens (including phenoxy) is 1. The fourth-order valence-corrected chi connectivity index (χ4v) is 4.08. The smallest absolute Gasteiger partial charge is 0.253 e. The van der Waals surface area contributed by atoms with Gasteiger partial charge in [-0.05, 0) is 54.6 Å². The molecule has 7 heteroatoms. The van der Waals surface area contributed by atoms with E-state index >= 15 is 0 Å². The largest absolute Gasteiger partial charge is 0.381 e. The molecular weight excluding hydrogens is 348 g/mol. The van der Waals surface area contributed by atoms with Crippen LogP contribution in [-0.4, -0.2) is 39.7 Å². The maximum Gasteiger partial charge on any atom is 0.253 e. The van der Waals surface area contributed by atoms with Gasteiger partial charge in [-0.2, -0.15) is 11.3 Å². The van der Waals surface area contributed by atoms with Crippen molar-refractivity contribution in [2.24, 2.45) is 0 Å². The lowest BCUT2D eigenvalue weighted by molar-refractivity contribution is 0.0704. The third kappa shape index (κ3) is 3.64. The van der Waals surface area contributed by atoms with E-state index in [1.807, 2.05) is 19.3 Å². The van der Waals surface area contributed by atoms with Crippen molar-refractivity contribution in [3.05, 3.63) is 46.5 Å². The van der Waals surface area contributed by atoms with E-state index in [9.17, 15) is 4.79 Å². The number of fused-ring (bicyclic) bond motifs is 1. The van der Waals surface area contributed by atoms with E-state index in [1.165, 1.54) is 5.56 Å². The van der Waals surface area contributed by atoms with E-state index in [-0.39, 0.29) is 11.9 Å². The molecule has 4 heterocycles. The number of imidazole rings is 1. The zero-order valence-electron chi connectivity index (χ0n) is 14.7. The summed E-state index contributed by atoms with van der Waals surface area (Å²) in [5.74, 6) is -0.109. The Kier molecular flexibility index (Phi) is 4.99. The van der Waals surface area contributed by atoms with Gasteiger partial charge in [0.15, 0.2) is 5.65 Å². The number of rotatable bonds is 5. The molecule has 0 spiro atoms. The number of carbonyl (C=O) groups excluding carboxylic acids is 1. The van der Waals surface area contributed by atoms with Crippen LogP contribution in [0.4, 0.5) is 0 Å². The average molecular weight is 370 g/mol. The molecule has 3 aromatic rings. The Morgan fingerprint density at radius 3 is 3.04 bits per heavy atom. The minimum absolute atomic E-state index is 0.0626. The molecule has 1 unspecified atom stereocenters. The molecule has 1 atom stereocenters. The van der Waals surface area contributed by atoms with E-state index in [0.717, 1.165) is 43.6 Å². The first-order valence-corrected chi connectivity index (χ1v) is 9.87. The lowest BCUT2D eigenvalue weighted by Gasteiger charge is -2.23. The van der Waals surface area contributed by atoms with Gasteiger partial charge in [-0.15, -0.1) is 0 Å². The highest BCUT2D eigenvalue weighted by atomic mass is 32.1. The summed E-state index contributed by atoms with van der Waals surface area (Å²) in [4.78, 5) is 21.5. The predicted octanol–water partition coefficient (Wildman–Crippen LogP) is 3.21. The van der Waals surface area contributed by atoms with E-state index in [2.05, 4.69) is 36.7 Å². The Labute approximate surface area is 156 Å². The van der Waals surface area contributed by atoms with Crippen LogP contribution in [0.1, 0.15) is 41.7 Å². The molecule has 0 aliphatic carbocycles. The third-order valence-electron chi connectivity index (χ3n) is 4.76. The highest BCUT2D eigenvalue weighted by Gasteiger charge is 2.19. The Hall–Kier alpha value is -2.25. The second-order valence-electron chi connectivity index (χ2n) is 6.77. The van der Waals surface area contributed by atoms with Crippen molar-refractivity contribution in [3.8, 4) is 0 Å². The fourth-order valence-electron chi connectivity index (χ4n) is 3.39. The molecule has 0 saturated carbocycles. The summed E-state index contributed by atoms with van der Waals surface area (Å²) in [6.07, 6.45) is 6.23. The normalized spacial score (nSPS) is 16.7. The van der Waals surface area contributed by atoms with Gasteiger partial charge >= 0.3 is 0 Å². The van der Waals surface area contributed by atoms with E-state index < -0.39 is 0 Å². The molecule has 1 aliphatic rings. The lowest BCUT2D eigenvalue weighted by atomic mass is 10.1. The molecule has 1 aliphatic heterocycles. The van der Waals surface area contributed by atoms with Gasteiger partial charge in [-0.25, -0.2) is 9.97 Å². The van der Waals surface area contributed by atoms with Crippen molar-refractivity contribution in [2.45, 2.75) is 38.3 Å². The number of nitrogens with one attached hydrogen (secondary N) is 1. The summed E-state index contributed by atoms with van der Waals surface area (Å²) in [6.45, 7) is 3.56.